The van der Waals surface area contributed by atoms with Crippen molar-refractivity contribution < 1.29 is 13.2 Å². The summed E-state index contributed by atoms with van der Waals surface area (Å²) in [6.07, 6.45) is 1.54. The lowest BCUT2D eigenvalue weighted by Gasteiger charge is -2.27. The molecule has 0 aromatic carbocycles. The number of sulfone groups is 1. The molecular formula is C13H18N2O3S2. The highest BCUT2D eigenvalue weighted by atomic mass is 32.2. The molecule has 3 heterocycles. The maximum absolute atomic E-state index is 12.2. The van der Waals surface area contributed by atoms with Gasteiger partial charge in [0.1, 0.15) is 0 Å². The molecule has 1 amide bonds. The molecule has 1 aromatic rings. The summed E-state index contributed by atoms with van der Waals surface area (Å²) in [5, 5.41) is 5.15. The van der Waals surface area contributed by atoms with Crippen molar-refractivity contribution in [2.45, 2.75) is 25.4 Å². The van der Waals surface area contributed by atoms with Crippen molar-refractivity contribution in [3.8, 4) is 0 Å². The van der Waals surface area contributed by atoms with Gasteiger partial charge in [0.25, 0.3) is 0 Å². The van der Waals surface area contributed by atoms with E-state index in [-0.39, 0.29) is 30.0 Å². The van der Waals surface area contributed by atoms with E-state index >= 15 is 0 Å². The van der Waals surface area contributed by atoms with Crippen LogP contribution in [0.4, 0.5) is 0 Å². The Kier molecular flexibility index (Phi) is 3.83. The lowest BCUT2D eigenvalue weighted by Crippen LogP contribution is -2.43. The zero-order valence-electron chi connectivity index (χ0n) is 11.2. The Bertz CT molecular complexity index is 609. The number of carbonyl (C=O) groups excluding carboxylic acids is 1. The first-order valence-corrected chi connectivity index (χ1v) is 9.50. The monoisotopic (exact) mass is 314 g/mol. The summed E-state index contributed by atoms with van der Waals surface area (Å²) in [6, 6.07) is 2.02. The van der Waals surface area contributed by atoms with Crippen LogP contribution in [-0.4, -0.2) is 49.9 Å². The smallest absolute Gasteiger partial charge is 0.236 e. The van der Waals surface area contributed by atoms with Gasteiger partial charge in [0.05, 0.1) is 18.1 Å². The number of hydrogen-bond acceptors (Lipinski definition) is 5. The third-order valence-corrected chi connectivity index (χ3v) is 6.73. The van der Waals surface area contributed by atoms with Crippen LogP contribution in [0.1, 0.15) is 16.9 Å². The topological polar surface area (TPSA) is 66.5 Å². The molecule has 2 aliphatic rings. The Hall–Kier alpha value is -0.920. The molecule has 1 N–H and O–H groups in total. The number of fused-ring (bicyclic) bond motifs is 1. The average Bonchev–Trinajstić information content (AvgIpc) is 3.01. The van der Waals surface area contributed by atoms with Crippen LogP contribution in [0.5, 0.6) is 0 Å². The quantitative estimate of drug-likeness (QED) is 0.877. The van der Waals surface area contributed by atoms with Gasteiger partial charge in [-0.25, -0.2) is 8.42 Å². The van der Waals surface area contributed by atoms with E-state index in [4.69, 9.17) is 0 Å². The Morgan fingerprint density at radius 3 is 3.10 bits per heavy atom. The highest BCUT2D eigenvalue weighted by molar-refractivity contribution is 7.91. The summed E-state index contributed by atoms with van der Waals surface area (Å²) in [7, 11) is -2.89. The van der Waals surface area contributed by atoms with E-state index < -0.39 is 9.84 Å². The molecule has 1 fully saturated rings. The second-order valence-corrected chi connectivity index (χ2v) is 8.64. The molecule has 2 aliphatic heterocycles. The lowest BCUT2D eigenvalue weighted by atomic mass is 10.1. The van der Waals surface area contributed by atoms with Crippen LogP contribution >= 0.6 is 11.3 Å². The minimum absolute atomic E-state index is 0.0612. The van der Waals surface area contributed by atoms with Crippen molar-refractivity contribution in [3.05, 3.63) is 21.9 Å². The molecule has 1 atom stereocenters. The Morgan fingerprint density at radius 2 is 2.35 bits per heavy atom. The zero-order chi connectivity index (χ0) is 14.2. The van der Waals surface area contributed by atoms with Gasteiger partial charge in [0.2, 0.25) is 5.91 Å². The standard InChI is InChI=1S/C13H18N2O3S2/c16-13(7-14-11-3-6-20(17,18)9-11)15-4-1-12-10(8-15)2-5-19-12/h2,5,11,14H,1,3-4,6-9H2. The summed E-state index contributed by atoms with van der Waals surface area (Å²) >= 11 is 1.75. The molecule has 1 saturated heterocycles. The molecule has 5 nitrogen and oxygen atoms in total. The molecule has 1 aromatic heterocycles. The van der Waals surface area contributed by atoms with Gasteiger partial charge in [-0.3, -0.25) is 4.79 Å². The van der Waals surface area contributed by atoms with E-state index in [1.807, 2.05) is 4.90 Å². The van der Waals surface area contributed by atoms with Crippen LogP contribution in [0.2, 0.25) is 0 Å². The number of thiophene rings is 1. The molecule has 1 unspecified atom stereocenters. The van der Waals surface area contributed by atoms with Crippen molar-refractivity contribution in [1.82, 2.24) is 10.2 Å². The van der Waals surface area contributed by atoms with Crippen molar-refractivity contribution in [2.75, 3.05) is 24.6 Å². The number of carbonyl (C=O) groups is 1. The van der Waals surface area contributed by atoms with Crippen LogP contribution in [0, 0.1) is 0 Å². The van der Waals surface area contributed by atoms with Gasteiger partial charge in [0, 0.05) is 24.0 Å². The van der Waals surface area contributed by atoms with Crippen molar-refractivity contribution in [2.24, 2.45) is 0 Å². The molecule has 3 rings (SSSR count). The average molecular weight is 314 g/mol. The number of amides is 1. The van der Waals surface area contributed by atoms with Crippen LogP contribution in [0.15, 0.2) is 11.4 Å². The van der Waals surface area contributed by atoms with E-state index in [1.165, 1.54) is 10.4 Å². The summed E-state index contributed by atoms with van der Waals surface area (Å²) in [5.41, 5.74) is 1.25. The van der Waals surface area contributed by atoms with Crippen molar-refractivity contribution in [3.63, 3.8) is 0 Å². The largest absolute Gasteiger partial charge is 0.337 e. The predicted octanol–water partition coefficient (Wildman–Crippen LogP) is 0.410. The lowest BCUT2D eigenvalue weighted by molar-refractivity contribution is -0.131. The predicted molar refractivity (Wildman–Crippen MR) is 78.5 cm³/mol. The van der Waals surface area contributed by atoms with E-state index in [1.54, 1.807) is 11.3 Å². The van der Waals surface area contributed by atoms with E-state index in [0.29, 0.717) is 13.0 Å². The maximum Gasteiger partial charge on any atom is 0.236 e. The third-order valence-electron chi connectivity index (χ3n) is 3.93. The number of nitrogens with one attached hydrogen (secondary N) is 1. The molecule has 0 spiro atoms. The molecule has 0 saturated carbocycles. The highest BCUT2D eigenvalue weighted by Gasteiger charge is 2.28. The van der Waals surface area contributed by atoms with Crippen LogP contribution < -0.4 is 5.32 Å². The normalized spacial score (nSPS) is 24.6. The molecule has 20 heavy (non-hydrogen) atoms. The minimum atomic E-state index is -2.89. The van der Waals surface area contributed by atoms with Crippen LogP contribution in [0.25, 0.3) is 0 Å². The maximum atomic E-state index is 12.2. The van der Waals surface area contributed by atoms with E-state index in [9.17, 15) is 13.2 Å². The Balaban J connectivity index is 1.51. The van der Waals surface area contributed by atoms with E-state index in [2.05, 4.69) is 16.8 Å². The third kappa shape index (κ3) is 3.05. The van der Waals surface area contributed by atoms with Gasteiger partial charge in [0.15, 0.2) is 9.84 Å². The molecule has 0 radical (unpaired) electrons. The van der Waals surface area contributed by atoms with Gasteiger partial charge in [-0.05, 0) is 29.9 Å². The Labute approximate surface area is 122 Å². The number of hydrogen-bond donors (Lipinski definition) is 1. The fraction of sp³-hybridized carbons (Fsp3) is 0.615. The second-order valence-electron chi connectivity index (χ2n) is 5.42. The fourth-order valence-electron chi connectivity index (χ4n) is 2.76. The molecular weight excluding hydrogens is 296 g/mol. The van der Waals surface area contributed by atoms with Crippen molar-refractivity contribution >= 4 is 27.1 Å². The van der Waals surface area contributed by atoms with Gasteiger partial charge in [-0.1, -0.05) is 0 Å². The van der Waals surface area contributed by atoms with Gasteiger partial charge in [-0.2, -0.15) is 0 Å². The molecule has 0 aliphatic carbocycles. The summed E-state index contributed by atoms with van der Waals surface area (Å²) in [5.74, 6) is 0.460. The van der Waals surface area contributed by atoms with Crippen molar-refractivity contribution in [1.29, 1.82) is 0 Å². The Morgan fingerprint density at radius 1 is 1.50 bits per heavy atom. The number of rotatable bonds is 3. The summed E-state index contributed by atoms with van der Waals surface area (Å²) < 4.78 is 22.7. The second kappa shape index (κ2) is 5.46. The van der Waals surface area contributed by atoms with Crippen LogP contribution in [-0.2, 0) is 27.6 Å². The first-order valence-electron chi connectivity index (χ1n) is 6.80. The molecule has 7 heteroatoms. The summed E-state index contributed by atoms with van der Waals surface area (Å²) in [4.78, 5) is 15.4. The van der Waals surface area contributed by atoms with Gasteiger partial charge < -0.3 is 10.2 Å². The molecule has 0 bridgehead atoms. The zero-order valence-corrected chi connectivity index (χ0v) is 12.8. The minimum Gasteiger partial charge on any atom is -0.337 e. The first kappa shape index (κ1) is 14.0. The summed E-state index contributed by atoms with van der Waals surface area (Å²) in [6.45, 7) is 1.68. The fourth-order valence-corrected chi connectivity index (χ4v) is 5.36. The van der Waals surface area contributed by atoms with Gasteiger partial charge >= 0.3 is 0 Å². The number of nitrogens with zero attached hydrogens (tertiary/aromatic N) is 1. The SMILES string of the molecule is O=C(CNC1CCS(=O)(=O)C1)N1CCc2sccc2C1. The molecule has 110 valence electrons. The van der Waals surface area contributed by atoms with Gasteiger partial charge in [-0.15, -0.1) is 11.3 Å². The highest BCUT2D eigenvalue weighted by Crippen LogP contribution is 2.23. The first-order chi connectivity index (χ1) is 9.53. The van der Waals surface area contributed by atoms with Crippen LogP contribution in [0.3, 0.4) is 0 Å². The van der Waals surface area contributed by atoms with E-state index in [0.717, 1.165) is 13.0 Å².